The van der Waals surface area contributed by atoms with Gasteiger partial charge in [-0.2, -0.15) is 10.2 Å². The SMILES string of the molecule is COc1cc(C=NNC(=O)CC(=O)NN=Cc2cc(OC)c(OC)c(OC)c2)cc(OC)c1OC. The minimum absolute atomic E-state index is 0.430. The number of benzene rings is 2. The first-order valence-electron chi connectivity index (χ1n) is 10.1. The molecular formula is C23H28N4O8. The Morgan fingerprint density at radius 1 is 0.629 bits per heavy atom. The quantitative estimate of drug-likeness (QED) is 0.262. The lowest BCUT2D eigenvalue weighted by Crippen LogP contribution is -2.27. The van der Waals surface area contributed by atoms with Crippen LogP contribution >= 0.6 is 0 Å². The van der Waals surface area contributed by atoms with Crippen LogP contribution < -0.4 is 39.3 Å². The van der Waals surface area contributed by atoms with Crippen molar-refractivity contribution in [2.24, 2.45) is 10.2 Å². The third-order valence-electron chi connectivity index (χ3n) is 4.50. The average molecular weight is 488 g/mol. The molecule has 0 atom stereocenters. The average Bonchev–Trinajstić information content (AvgIpc) is 2.87. The summed E-state index contributed by atoms with van der Waals surface area (Å²) in [7, 11) is 8.94. The number of hydrogen-bond acceptors (Lipinski definition) is 10. The molecule has 0 unspecified atom stereocenters. The number of carbonyl (C=O) groups excluding carboxylic acids is 2. The zero-order chi connectivity index (χ0) is 25.8. The first-order chi connectivity index (χ1) is 16.9. The fourth-order valence-electron chi connectivity index (χ4n) is 2.93. The Kier molecular flexibility index (Phi) is 10.2. The minimum atomic E-state index is -0.630. The number of rotatable bonds is 12. The number of ether oxygens (including phenoxy) is 6. The van der Waals surface area contributed by atoms with Crippen LogP contribution in [0.4, 0.5) is 0 Å². The maximum Gasteiger partial charge on any atom is 0.249 e. The lowest BCUT2D eigenvalue weighted by molar-refractivity contribution is -0.129. The van der Waals surface area contributed by atoms with Crippen LogP contribution in [-0.4, -0.2) is 66.9 Å². The largest absolute Gasteiger partial charge is 0.493 e. The van der Waals surface area contributed by atoms with E-state index in [1.165, 1.54) is 55.1 Å². The van der Waals surface area contributed by atoms with E-state index in [0.29, 0.717) is 45.6 Å². The van der Waals surface area contributed by atoms with E-state index in [9.17, 15) is 9.59 Å². The molecule has 0 spiro atoms. The Morgan fingerprint density at radius 2 is 0.943 bits per heavy atom. The van der Waals surface area contributed by atoms with E-state index in [2.05, 4.69) is 21.1 Å². The van der Waals surface area contributed by atoms with E-state index in [4.69, 9.17) is 28.4 Å². The summed E-state index contributed by atoms with van der Waals surface area (Å²) in [6.07, 6.45) is 2.27. The van der Waals surface area contributed by atoms with Crippen LogP contribution in [0.15, 0.2) is 34.5 Å². The molecule has 12 heteroatoms. The molecule has 0 heterocycles. The van der Waals surface area contributed by atoms with Crippen LogP contribution in [0.1, 0.15) is 17.5 Å². The molecule has 0 radical (unpaired) electrons. The third-order valence-corrected chi connectivity index (χ3v) is 4.50. The Labute approximate surface area is 202 Å². The highest BCUT2D eigenvalue weighted by Gasteiger charge is 2.14. The van der Waals surface area contributed by atoms with Gasteiger partial charge in [0.1, 0.15) is 6.42 Å². The molecule has 2 amide bonds. The molecule has 2 N–H and O–H groups in total. The van der Waals surface area contributed by atoms with E-state index < -0.39 is 18.2 Å². The maximum atomic E-state index is 12.0. The van der Waals surface area contributed by atoms with Crippen molar-refractivity contribution in [1.82, 2.24) is 10.9 Å². The minimum Gasteiger partial charge on any atom is -0.493 e. The Bertz CT molecular complexity index is 965. The van der Waals surface area contributed by atoms with Gasteiger partial charge in [-0.1, -0.05) is 0 Å². The van der Waals surface area contributed by atoms with Gasteiger partial charge in [-0.05, 0) is 24.3 Å². The molecule has 0 aromatic heterocycles. The highest BCUT2D eigenvalue weighted by atomic mass is 16.5. The van der Waals surface area contributed by atoms with Gasteiger partial charge in [-0.3, -0.25) is 9.59 Å². The van der Waals surface area contributed by atoms with Crippen molar-refractivity contribution < 1.29 is 38.0 Å². The molecule has 0 aliphatic heterocycles. The summed E-state index contributed by atoms with van der Waals surface area (Å²) in [5.74, 6) is 1.34. The third kappa shape index (κ3) is 7.25. The second-order valence-corrected chi connectivity index (χ2v) is 6.68. The van der Waals surface area contributed by atoms with E-state index in [1.807, 2.05) is 0 Å². The van der Waals surface area contributed by atoms with Crippen LogP contribution in [0.3, 0.4) is 0 Å². The number of amides is 2. The maximum absolute atomic E-state index is 12.0. The van der Waals surface area contributed by atoms with Gasteiger partial charge in [0.25, 0.3) is 0 Å². The number of methoxy groups -OCH3 is 6. The first-order valence-corrected chi connectivity index (χ1v) is 10.1. The topological polar surface area (TPSA) is 138 Å². The van der Waals surface area contributed by atoms with Crippen molar-refractivity contribution in [3.8, 4) is 34.5 Å². The van der Waals surface area contributed by atoms with Crippen molar-refractivity contribution >= 4 is 24.2 Å². The Balaban J connectivity index is 1.94. The number of carbonyl (C=O) groups is 2. The summed E-state index contributed by atoms with van der Waals surface area (Å²) in [4.78, 5) is 24.0. The van der Waals surface area contributed by atoms with E-state index in [0.717, 1.165) is 0 Å². The predicted molar refractivity (Wildman–Crippen MR) is 128 cm³/mol. The van der Waals surface area contributed by atoms with Gasteiger partial charge in [0.05, 0.1) is 55.1 Å². The predicted octanol–water partition coefficient (Wildman–Crippen LogP) is 1.73. The molecule has 0 aliphatic carbocycles. The fourth-order valence-corrected chi connectivity index (χ4v) is 2.93. The van der Waals surface area contributed by atoms with Crippen molar-refractivity contribution in [1.29, 1.82) is 0 Å². The molecule has 0 bridgehead atoms. The second-order valence-electron chi connectivity index (χ2n) is 6.68. The van der Waals surface area contributed by atoms with Gasteiger partial charge in [0.15, 0.2) is 23.0 Å². The summed E-state index contributed by atoms with van der Waals surface area (Å²) < 4.78 is 31.6. The van der Waals surface area contributed by atoms with Crippen molar-refractivity contribution in [3.63, 3.8) is 0 Å². The number of nitrogens with one attached hydrogen (secondary N) is 2. The fraction of sp³-hybridized carbons (Fsp3) is 0.304. The molecule has 2 aromatic carbocycles. The van der Waals surface area contributed by atoms with Gasteiger partial charge in [0, 0.05) is 11.1 Å². The van der Waals surface area contributed by atoms with Crippen LogP contribution in [0.2, 0.25) is 0 Å². The molecule has 0 saturated carbocycles. The highest BCUT2D eigenvalue weighted by Crippen LogP contribution is 2.38. The molecule has 188 valence electrons. The van der Waals surface area contributed by atoms with Crippen molar-refractivity contribution in [2.75, 3.05) is 42.7 Å². The molecule has 2 aromatic rings. The molecule has 0 saturated heterocycles. The molecule has 35 heavy (non-hydrogen) atoms. The molecule has 2 rings (SSSR count). The molecule has 0 aliphatic rings. The lowest BCUT2D eigenvalue weighted by atomic mass is 10.2. The Morgan fingerprint density at radius 3 is 1.20 bits per heavy atom. The van der Waals surface area contributed by atoms with E-state index in [-0.39, 0.29) is 0 Å². The van der Waals surface area contributed by atoms with Gasteiger partial charge < -0.3 is 28.4 Å². The summed E-state index contributed by atoms with van der Waals surface area (Å²) in [5, 5.41) is 7.70. The number of nitrogens with zero attached hydrogens (tertiary/aromatic N) is 2. The molecular weight excluding hydrogens is 460 g/mol. The smallest absolute Gasteiger partial charge is 0.249 e. The van der Waals surface area contributed by atoms with Crippen LogP contribution in [0, 0.1) is 0 Å². The van der Waals surface area contributed by atoms with Gasteiger partial charge in [-0.15, -0.1) is 0 Å². The molecule has 12 nitrogen and oxygen atoms in total. The normalized spacial score (nSPS) is 10.7. The standard InChI is InChI=1S/C23H28N4O8/c1-30-16-7-14(8-17(31-2)22(16)34-5)12-24-26-20(28)11-21(29)27-25-13-15-9-18(32-3)23(35-6)19(10-15)33-4/h7-10,12-13H,11H2,1-6H3,(H,26,28)(H,27,29). The van der Waals surface area contributed by atoms with Crippen molar-refractivity contribution in [3.05, 3.63) is 35.4 Å². The van der Waals surface area contributed by atoms with Crippen LogP contribution in [-0.2, 0) is 9.59 Å². The van der Waals surface area contributed by atoms with E-state index >= 15 is 0 Å². The highest BCUT2D eigenvalue weighted by molar-refractivity contribution is 5.97. The van der Waals surface area contributed by atoms with E-state index in [1.54, 1.807) is 24.3 Å². The summed E-state index contributed by atoms with van der Waals surface area (Å²) in [6, 6.07) is 6.62. The number of hydrazone groups is 2. The first kappa shape index (κ1) is 26.8. The molecule has 0 fully saturated rings. The summed E-state index contributed by atoms with van der Waals surface area (Å²) in [5.41, 5.74) is 5.71. The van der Waals surface area contributed by atoms with Gasteiger partial charge in [-0.25, -0.2) is 10.9 Å². The van der Waals surface area contributed by atoms with Crippen LogP contribution in [0.5, 0.6) is 34.5 Å². The van der Waals surface area contributed by atoms with Crippen LogP contribution in [0.25, 0.3) is 0 Å². The summed E-state index contributed by atoms with van der Waals surface area (Å²) in [6.45, 7) is 0. The summed E-state index contributed by atoms with van der Waals surface area (Å²) >= 11 is 0. The van der Waals surface area contributed by atoms with Crippen molar-refractivity contribution in [2.45, 2.75) is 6.42 Å². The Hall–Kier alpha value is -4.48. The zero-order valence-corrected chi connectivity index (χ0v) is 20.3. The number of hydrogen-bond donors (Lipinski definition) is 2. The zero-order valence-electron chi connectivity index (χ0n) is 20.3. The monoisotopic (exact) mass is 488 g/mol. The van der Waals surface area contributed by atoms with Gasteiger partial charge >= 0.3 is 0 Å². The second kappa shape index (κ2) is 13.3. The lowest BCUT2D eigenvalue weighted by Gasteiger charge is -2.12. The van der Waals surface area contributed by atoms with Gasteiger partial charge in [0.2, 0.25) is 23.3 Å².